The number of allylic oxidation sites excluding steroid dienone is 5. The molecule has 0 spiro atoms. The van der Waals surface area contributed by atoms with Crippen molar-refractivity contribution in [3.05, 3.63) is 103 Å². The molecular formula is C24H22FN3. The van der Waals surface area contributed by atoms with Crippen molar-refractivity contribution in [1.29, 1.82) is 0 Å². The largest absolute Gasteiger partial charge is 0.342 e. The first-order chi connectivity index (χ1) is 13.9. The van der Waals surface area contributed by atoms with Gasteiger partial charge in [-0.25, -0.2) is 9.37 Å². The van der Waals surface area contributed by atoms with Crippen LogP contribution >= 0.6 is 0 Å². The van der Waals surface area contributed by atoms with Crippen molar-refractivity contribution in [3.8, 4) is 11.3 Å². The maximum atomic E-state index is 12.2. The Morgan fingerprint density at radius 3 is 2.54 bits per heavy atom. The standard InChI is InChI=1S/C24H22FN3/c25-17-8-1-2-9-18-28-23-16-7-6-13-21(23)27-24(28)22-15-10-14-20(26-22)19-11-4-3-5-12-19/h1-16,21,23H,17-18H2/b8-1-,9-2-. The summed E-state index contributed by atoms with van der Waals surface area (Å²) in [7, 11) is 0. The van der Waals surface area contributed by atoms with E-state index in [-0.39, 0.29) is 12.1 Å². The summed E-state index contributed by atoms with van der Waals surface area (Å²) in [6.07, 6.45) is 15.5. The Kier molecular flexibility index (Phi) is 5.57. The molecule has 2 atom stereocenters. The minimum Gasteiger partial charge on any atom is -0.342 e. The van der Waals surface area contributed by atoms with Gasteiger partial charge in [-0.1, -0.05) is 85.0 Å². The molecule has 1 aromatic heterocycles. The molecule has 28 heavy (non-hydrogen) atoms. The summed E-state index contributed by atoms with van der Waals surface area (Å²) < 4.78 is 12.2. The van der Waals surface area contributed by atoms with Gasteiger partial charge in [0.1, 0.15) is 12.4 Å². The van der Waals surface area contributed by atoms with Crippen LogP contribution in [0.15, 0.2) is 102 Å². The smallest absolute Gasteiger partial charge is 0.151 e. The topological polar surface area (TPSA) is 28.5 Å². The third kappa shape index (κ3) is 3.86. The average Bonchev–Trinajstić information content (AvgIpc) is 3.13. The van der Waals surface area contributed by atoms with Gasteiger partial charge >= 0.3 is 0 Å². The second-order valence-electron chi connectivity index (χ2n) is 6.64. The molecule has 0 amide bonds. The van der Waals surface area contributed by atoms with Gasteiger partial charge in [0.2, 0.25) is 0 Å². The van der Waals surface area contributed by atoms with Crippen LogP contribution in [-0.4, -0.2) is 41.0 Å². The molecule has 4 rings (SSSR count). The van der Waals surface area contributed by atoms with Gasteiger partial charge in [-0.15, -0.1) is 0 Å². The number of fused-ring (bicyclic) bond motifs is 1. The molecule has 3 nitrogen and oxygen atoms in total. The molecule has 1 aliphatic carbocycles. The van der Waals surface area contributed by atoms with Crippen molar-refractivity contribution in [2.45, 2.75) is 12.1 Å². The van der Waals surface area contributed by atoms with Gasteiger partial charge in [-0.05, 0) is 12.1 Å². The second-order valence-corrected chi connectivity index (χ2v) is 6.64. The molecule has 0 fully saturated rings. The zero-order valence-corrected chi connectivity index (χ0v) is 15.5. The average molecular weight is 371 g/mol. The van der Waals surface area contributed by atoms with E-state index < -0.39 is 6.67 Å². The van der Waals surface area contributed by atoms with E-state index in [0.717, 1.165) is 22.8 Å². The summed E-state index contributed by atoms with van der Waals surface area (Å²) in [5.74, 6) is 0.892. The molecular weight excluding hydrogens is 349 g/mol. The fourth-order valence-corrected chi connectivity index (χ4v) is 3.48. The van der Waals surface area contributed by atoms with Crippen molar-refractivity contribution in [1.82, 2.24) is 9.88 Å². The predicted molar refractivity (Wildman–Crippen MR) is 113 cm³/mol. The summed E-state index contributed by atoms with van der Waals surface area (Å²) in [6.45, 7) is 0.237. The highest BCUT2D eigenvalue weighted by Crippen LogP contribution is 2.26. The van der Waals surface area contributed by atoms with Crippen molar-refractivity contribution in [3.63, 3.8) is 0 Å². The molecule has 2 heterocycles. The minimum absolute atomic E-state index is 0.0944. The van der Waals surface area contributed by atoms with Crippen LogP contribution in [0.1, 0.15) is 5.69 Å². The Labute approximate surface area is 165 Å². The first kappa shape index (κ1) is 18.1. The van der Waals surface area contributed by atoms with Crippen LogP contribution in [0.25, 0.3) is 11.3 Å². The summed E-state index contributed by atoms with van der Waals surface area (Å²) in [5.41, 5.74) is 2.89. The summed E-state index contributed by atoms with van der Waals surface area (Å²) in [6, 6.07) is 16.5. The van der Waals surface area contributed by atoms with E-state index in [1.807, 2.05) is 54.6 Å². The summed E-state index contributed by atoms with van der Waals surface area (Å²) >= 11 is 0. The zero-order valence-electron chi connectivity index (χ0n) is 15.5. The molecule has 2 aromatic rings. The highest BCUT2D eigenvalue weighted by atomic mass is 19.1. The third-order valence-corrected chi connectivity index (χ3v) is 4.80. The highest BCUT2D eigenvalue weighted by molar-refractivity contribution is 5.99. The van der Waals surface area contributed by atoms with Crippen molar-refractivity contribution < 1.29 is 4.39 Å². The molecule has 0 N–H and O–H groups in total. The van der Waals surface area contributed by atoms with Gasteiger partial charge in [0, 0.05) is 12.1 Å². The number of hydrogen-bond donors (Lipinski definition) is 0. The van der Waals surface area contributed by atoms with Crippen molar-refractivity contribution >= 4 is 5.84 Å². The fraction of sp³-hybridized carbons (Fsp3) is 0.167. The molecule has 0 radical (unpaired) electrons. The lowest BCUT2D eigenvalue weighted by atomic mass is 10.0. The Morgan fingerprint density at radius 1 is 0.893 bits per heavy atom. The highest BCUT2D eigenvalue weighted by Gasteiger charge is 2.34. The second kappa shape index (κ2) is 8.61. The van der Waals surface area contributed by atoms with E-state index in [9.17, 15) is 4.39 Å². The van der Waals surface area contributed by atoms with Gasteiger partial charge < -0.3 is 4.90 Å². The molecule has 1 aromatic carbocycles. The summed E-state index contributed by atoms with van der Waals surface area (Å²) in [5, 5.41) is 0. The number of pyridine rings is 1. The van der Waals surface area contributed by atoms with Crippen LogP contribution in [0, 0.1) is 0 Å². The Bertz CT molecular complexity index is 957. The van der Waals surface area contributed by atoms with E-state index >= 15 is 0 Å². The number of amidine groups is 1. The number of halogens is 1. The predicted octanol–water partition coefficient (Wildman–Crippen LogP) is 4.76. The van der Waals surface area contributed by atoms with Gasteiger partial charge in [-0.3, -0.25) is 4.99 Å². The van der Waals surface area contributed by atoms with Gasteiger partial charge in [0.15, 0.2) is 5.84 Å². The third-order valence-electron chi connectivity index (χ3n) is 4.80. The van der Waals surface area contributed by atoms with Crippen LogP contribution in [0.5, 0.6) is 0 Å². The number of rotatable bonds is 6. The molecule has 0 saturated carbocycles. The number of hydrogen-bond acceptors (Lipinski definition) is 3. The van der Waals surface area contributed by atoms with Crippen LogP contribution in [-0.2, 0) is 0 Å². The van der Waals surface area contributed by atoms with Gasteiger partial charge in [0.25, 0.3) is 0 Å². The van der Waals surface area contributed by atoms with Gasteiger partial charge in [0.05, 0.1) is 17.8 Å². The van der Waals surface area contributed by atoms with E-state index in [4.69, 9.17) is 9.98 Å². The zero-order chi connectivity index (χ0) is 19.2. The lowest BCUT2D eigenvalue weighted by Crippen LogP contribution is -2.39. The molecule has 2 aliphatic rings. The number of benzene rings is 1. The first-order valence-electron chi connectivity index (χ1n) is 9.47. The van der Waals surface area contributed by atoms with E-state index in [1.54, 1.807) is 6.08 Å². The number of alkyl halides is 1. The molecule has 4 heteroatoms. The number of aromatic nitrogens is 1. The van der Waals surface area contributed by atoms with Crippen LogP contribution < -0.4 is 0 Å². The van der Waals surface area contributed by atoms with Crippen LogP contribution in [0.4, 0.5) is 4.39 Å². The van der Waals surface area contributed by atoms with E-state index in [2.05, 4.69) is 35.3 Å². The fourth-order valence-electron chi connectivity index (χ4n) is 3.48. The lowest BCUT2D eigenvalue weighted by molar-refractivity contribution is 0.403. The number of aliphatic imine (C=N–C) groups is 1. The Hall–Kier alpha value is -3.27. The maximum Gasteiger partial charge on any atom is 0.151 e. The lowest BCUT2D eigenvalue weighted by Gasteiger charge is -2.27. The molecule has 140 valence electrons. The Balaban J connectivity index is 1.64. The van der Waals surface area contributed by atoms with Crippen LogP contribution in [0.2, 0.25) is 0 Å². The molecule has 2 unspecified atom stereocenters. The van der Waals surface area contributed by atoms with Crippen molar-refractivity contribution in [2.75, 3.05) is 13.2 Å². The van der Waals surface area contributed by atoms with Crippen LogP contribution in [0.3, 0.4) is 0 Å². The monoisotopic (exact) mass is 371 g/mol. The minimum atomic E-state index is -0.449. The van der Waals surface area contributed by atoms with E-state index in [0.29, 0.717) is 6.54 Å². The molecule has 1 aliphatic heterocycles. The SMILES string of the molecule is FC/C=C\C=C/CN1C(c2cccc(-c3ccccc3)n2)=NC2C=CC=CC21. The molecule has 0 saturated heterocycles. The first-order valence-corrected chi connectivity index (χ1v) is 9.47. The summed E-state index contributed by atoms with van der Waals surface area (Å²) in [4.78, 5) is 12.1. The molecule has 0 bridgehead atoms. The van der Waals surface area contributed by atoms with Crippen molar-refractivity contribution in [2.24, 2.45) is 4.99 Å². The normalized spacial score (nSPS) is 20.9. The van der Waals surface area contributed by atoms with E-state index in [1.165, 1.54) is 6.08 Å². The quantitative estimate of drug-likeness (QED) is 0.685. The Morgan fingerprint density at radius 2 is 1.68 bits per heavy atom. The maximum absolute atomic E-state index is 12.2. The number of nitrogens with zero attached hydrogens (tertiary/aromatic N) is 3. The van der Waals surface area contributed by atoms with Gasteiger partial charge in [-0.2, -0.15) is 0 Å².